The average Bonchev–Trinajstić information content (AvgIpc) is 2.63. The molecular weight excluding hydrogens is 470 g/mol. The van der Waals surface area contributed by atoms with E-state index in [1.165, 1.54) is 24.3 Å². The summed E-state index contributed by atoms with van der Waals surface area (Å²) in [6, 6.07) is 11.7. The van der Waals surface area contributed by atoms with E-state index < -0.39 is 12.2 Å². The quantitative estimate of drug-likeness (QED) is 0.377. The number of alkyl halides is 2. The summed E-state index contributed by atoms with van der Waals surface area (Å²) >= 11 is 6.72. The Bertz CT molecular complexity index is 648. The minimum atomic E-state index is -0.567. The fourth-order valence-corrected chi connectivity index (χ4v) is 2.72. The van der Waals surface area contributed by atoms with Gasteiger partial charge in [-0.05, 0) is 48.2 Å². The minimum Gasteiger partial charge on any atom is -0.388 e. The molecule has 0 aliphatic heterocycles. The maximum Gasteiger partial charge on any atom is 0.123 e. The molecule has 2 aromatic carbocycles. The summed E-state index contributed by atoms with van der Waals surface area (Å²) in [6.07, 6.45) is 1.62. The van der Waals surface area contributed by atoms with Crippen LogP contribution in [-0.2, 0) is 0 Å². The molecule has 142 valence electrons. The number of hydrogen-bond donors (Lipinski definition) is 2. The molecule has 0 spiro atoms. The molecular formula is C20H22Br2F2O2. The van der Waals surface area contributed by atoms with E-state index in [4.69, 9.17) is 0 Å². The van der Waals surface area contributed by atoms with Crippen molar-refractivity contribution in [3.05, 3.63) is 83.9 Å². The van der Waals surface area contributed by atoms with Crippen LogP contribution in [0.5, 0.6) is 0 Å². The van der Waals surface area contributed by atoms with Crippen LogP contribution in [0.2, 0.25) is 0 Å². The lowest BCUT2D eigenvalue weighted by Gasteiger charge is -2.13. The van der Waals surface area contributed by atoms with Crippen LogP contribution in [0.15, 0.2) is 61.2 Å². The molecule has 1 unspecified atom stereocenters. The molecule has 3 atom stereocenters. The highest BCUT2D eigenvalue weighted by Crippen LogP contribution is 2.22. The van der Waals surface area contributed by atoms with E-state index in [0.717, 1.165) is 16.5 Å². The van der Waals surface area contributed by atoms with Crippen LogP contribution in [0.25, 0.3) is 0 Å². The van der Waals surface area contributed by atoms with Crippen LogP contribution in [0, 0.1) is 11.6 Å². The first kappa shape index (κ1) is 23.0. The monoisotopic (exact) mass is 490 g/mol. The van der Waals surface area contributed by atoms with Gasteiger partial charge in [0.25, 0.3) is 0 Å². The summed E-state index contributed by atoms with van der Waals surface area (Å²) in [4.78, 5) is 0.225. The second-order valence-corrected chi connectivity index (χ2v) is 7.59. The van der Waals surface area contributed by atoms with Crippen LogP contribution in [0.3, 0.4) is 0 Å². The standard InChI is InChI=1S/C10H11Br2FO.C10H11FO/c11-6-8(12)5-10(14)7-1-3-9(13)4-2-7;1-2-3-10(12)8-4-6-9(11)7-5-8/h1-4,8,10,14H,5-6H2;2,4-7,10,12H,1,3H2/t8?,10-;10-/m11/s1. The van der Waals surface area contributed by atoms with E-state index >= 15 is 0 Å². The molecule has 2 nitrogen and oxygen atoms in total. The summed E-state index contributed by atoms with van der Waals surface area (Å²) in [5.41, 5.74) is 1.47. The Hall–Kier alpha value is -1.08. The zero-order valence-corrected chi connectivity index (χ0v) is 17.3. The lowest BCUT2D eigenvalue weighted by atomic mass is 10.1. The number of rotatable bonds is 7. The summed E-state index contributed by atoms with van der Waals surface area (Å²) in [7, 11) is 0. The normalized spacial score (nSPS) is 13.9. The summed E-state index contributed by atoms with van der Waals surface area (Å²) in [5, 5.41) is 19.9. The first-order chi connectivity index (χ1) is 12.4. The van der Waals surface area contributed by atoms with Gasteiger partial charge in [-0.3, -0.25) is 0 Å². The van der Waals surface area contributed by atoms with Gasteiger partial charge in [-0.1, -0.05) is 62.2 Å². The molecule has 2 aromatic rings. The van der Waals surface area contributed by atoms with Crippen molar-refractivity contribution in [2.24, 2.45) is 0 Å². The number of aliphatic hydroxyl groups is 2. The molecule has 2 rings (SSSR count). The Morgan fingerprint density at radius 2 is 1.31 bits per heavy atom. The third-order valence-electron chi connectivity index (χ3n) is 3.55. The van der Waals surface area contributed by atoms with Gasteiger partial charge in [-0.25, -0.2) is 8.78 Å². The van der Waals surface area contributed by atoms with E-state index in [9.17, 15) is 19.0 Å². The van der Waals surface area contributed by atoms with Crippen molar-refractivity contribution >= 4 is 31.9 Å². The molecule has 0 aliphatic rings. The average molecular weight is 492 g/mol. The van der Waals surface area contributed by atoms with Gasteiger partial charge in [0.1, 0.15) is 11.6 Å². The zero-order chi connectivity index (χ0) is 19.5. The second kappa shape index (κ2) is 12.3. The lowest BCUT2D eigenvalue weighted by molar-refractivity contribution is 0.169. The first-order valence-electron chi connectivity index (χ1n) is 8.05. The fraction of sp³-hybridized carbons (Fsp3) is 0.300. The summed E-state index contributed by atoms with van der Waals surface area (Å²) < 4.78 is 25.0. The van der Waals surface area contributed by atoms with Crippen molar-refractivity contribution in [1.82, 2.24) is 0 Å². The molecule has 0 aliphatic carbocycles. The number of aliphatic hydroxyl groups excluding tert-OH is 2. The van der Waals surface area contributed by atoms with Gasteiger partial charge in [0.05, 0.1) is 12.2 Å². The molecule has 2 N–H and O–H groups in total. The van der Waals surface area contributed by atoms with Gasteiger partial charge in [0.15, 0.2) is 0 Å². The Balaban J connectivity index is 0.000000263. The lowest BCUT2D eigenvalue weighted by Crippen LogP contribution is -2.07. The van der Waals surface area contributed by atoms with Crippen LogP contribution in [0.1, 0.15) is 36.2 Å². The number of benzene rings is 2. The Morgan fingerprint density at radius 3 is 1.69 bits per heavy atom. The largest absolute Gasteiger partial charge is 0.388 e. The highest BCUT2D eigenvalue weighted by Gasteiger charge is 2.12. The van der Waals surface area contributed by atoms with E-state index in [1.54, 1.807) is 30.3 Å². The predicted molar refractivity (Wildman–Crippen MR) is 109 cm³/mol. The molecule has 0 radical (unpaired) electrons. The van der Waals surface area contributed by atoms with Crippen molar-refractivity contribution < 1.29 is 19.0 Å². The van der Waals surface area contributed by atoms with Crippen LogP contribution >= 0.6 is 31.9 Å². The smallest absolute Gasteiger partial charge is 0.123 e. The van der Waals surface area contributed by atoms with Crippen LogP contribution in [-0.4, -0.2) is 20.4 Å². The van der Waals surface area contributed by atoms with Crippen LogP contribution in [0.4, 0.5) is 8.78 Å². The molecule has 0 aromatic heterocycles. The van der Waals surface area contributed by atoms with Crippen molar-refractivity contribution in [3.63, 3.8) is 0 Å². The molecule has 0 amide bonds. The molecule has 26 heavy (non-hydrogen) atoms. The third-order valence-corrected chi connectivity index (χ3v) is 5.89. The van der Waals surface area contributed by atoms with Crippen molar-refractivity contribution in [2.45, 2.75) is 29.9 Å². The topological polar surface area (TPSA) is 40.5 Å². The van der Waals surface area contributed by atoms with Gasteiger partial charge < -0.3 is 10.2 Å². The highest BCUT2D eigenvalue weighted by atomic mass is 79.9. The van der Waals surface area contributed by atoms with Gasteiger partial charge in [0, 0.05) is 10.2 Å². The minimum absolute atomic E-state index is 0.225. The van der Waals surface area contributed by atoms with E-state index in [-0.39, 0.29) is 16.5 Å². The molecule has 0 saturated carbocycles. The summed E-state index contributed by atoms with van der Waals surface area (Å²) in [6.45, 7) is 3.51. The second-order valence-electron chi connectivity index (χ2n) is 5.65. The Kier molecular flexibility index (Phi) is 10.9. The fourth-order valence-electron chi connectivity index (χ4n) is 2.11. The Labute approximate surface area is 169 Å². The van der Waals surface area contributed by atoms with Crippen molar-refractivity contribution in [3.8, 4) is 0 Å². The highest BCUT2D eigenvalue weighted by molar-refractivity contribution is 9.12. The predicted octanol–water partition coefficient (Wildman–Crippen LogP) is 5.84. The molecule has 6 heteroatoms. The van der Waals surface area contributed by atoms with Gasteiger partial charge >= 0.3 is 0 Å². The van der Waals surface area contributed by atoms with Crippen molar-refractivity contribution in [1.29, 1.82) is 0 Å². The molecule has 0 fully saturated rings. The van der Waals surface area contributed by atoms with Gasteiger partial charge in [0.2, 0.25) is 0 Å². The maximum atomic E-state index is 12.6. The SMILES string of the molecule is C=CC[C@@H](O)c1ccc(F)cc1.O[C@H](CC(Br)CBr)c1ccc(F)cc1. The van der Waals surface area contributed by atoms with E-state index in [0.29, 0.717) is 12.8 Å². The maximum absolute atomic E-state index is 12.6. The molecule has 0 heterocycles. The Morgan fingerprint density at radius 1 is 0.885 bits per heavy atom. The zero-order valence-electron chi connectivity index (χ0n) is 14.2. The van der Waals surface area contributed by atoms with Crippen molar-refractivity contribution in [2.75, 3.05) is 5.33 Å². The molecule has 0 saturated heterocycles. The van der Waals surface area contributed by atoms with E-state index in [1.807, 2.05) is 0 Å². The first-order valence-corrected chi connectivity index (χ1v) is 10.1. The molecule has 0 bridgehead atoms. The number of hydrogen-bond acceptors (Lipinski definition) is 2. The van der Waals surface area contributed by atoms with Gasteiger partial charge in [-0.2, -0.15) is 0 Å². The van der Waals surface area contributed by atoms with Gasteiger partial charge in [-0.15, -0.1) is 6.58 Å². The summed E-state index contributed by atoms with van der Waals surface area (Å²) in [5.74, 6) is -0.568. The number of halogens is 4. The third kappa shape index (κ3) is 8.54. The van der Waals surface area contributed by atoms with Crippen LogP contribution < -0.4 is 0 Å². The van der Waals surface area contributed by atoms with E-state index in [2.05, 4.69) is 38.4 Å².